The lowest BCUT2D eigenvalue weighted by molar-refractivity contribution is 0.295. The number of halogens is 1. The maximum absolute atomic E-state index is 9.73. The van der Waals surface area contributed by atoms with Crippen LogP contribution in [0.2, 0.25) is 5.02 Å². The Bertz CT molecular complexity index is 337. The first kappa shape index (κ1) is 11.1. The molecule has 0 heterocycles. The van der Waals surface area contributed by atoms with Gasteiger partial charge in [0.05, 0.1) is 7.11 Å². The summed E-state index contributed by atoms with van der Waals surface area (Å²) in [6.45, 7) is 1.77. The van der Waals surface area contributed by atoms with E-state index in [0.29, 0.717) is 22.8 Å². The standard InChI is InChI=1S/C10H13ClO3/c1-6-7(3-4-12)10(13)9(14-2)5-8(6)11/h5,12-13H,3-4H2,1-2H3. The number of aliphatic hydroxyl groups excluding tert-OH is 1. The molecule has 0 saturated carbocycles. The van der Waals surface area contributed by atoms with Crippen molar-refractivity contribution in [3.05, 3.63) is 22.2 Å². The number of hydrogen-bond donors (Lipinski definition) is 2. The predicted octanol–water partition coefficient (Wildman–Crippen LogP) is 1.90. The summed E-state index contributed by atoms with van der Waals surface area (Å²) in [5.74, 6) is 0.396. The highest BCUT2D eigenvalue weighted by Crippen LogP contribution is 2.36. The van der Waals surface area contributed by atoms with E-state index in [1.807, 2.05) is 0 Å². The number of aromatic hydroxyl groups is 1. The highest BCUT2D eigenvalue weighted by molar-refractivity contribution is 6.31. The van der Waals surface area contributed by atoms with E-state index in [1.54, 1.807) is 13.0 Å². The Morgan fingerprint density at radius 1 is 1.50 bits per heavy atom. The zero-order valence-corrected chi connectivity index (χ0v) is 8.93. The van der Waals surface area contributed by atoms with E-state index in [9.17, 15) is 5.11 Å². The van der Waals surface area contributed by atoms with Gasteiger partial charge in [-0.2, -0.15) is 0 Å². The van der Waals surface area contributed by atoms with Crippen molar-refractivity contribution in [3.63, 3.8) is 0 Å². The Labute approximate surface area is 87.9 Å². The molecule has 0 atom stereocenters. The summed E-state index contributed by atoms with van der Waals surface area (Å²) >= 11 is 5.93. The summed E-state index contributed by atoms with van der Waals surface area (Å²) in [5, 5.41) is 19.1. The second-order valence-electron chi connectivity index (χ2n) is 2.99. The van der Waals surface area contributed by atoms with Crippen LogP contribution in [0.1, 0.15) is 11.1 Å². The fraction of sp³-hybridized carbons (Fsp3) is 0.400. The van der Waals surface area contributed by atoms with Gasteiger partial charge in [0.15, 0.2) is 11.5 Å². The van der Waals surface area contributed by atoms with Gasteiger partial charge < -0.3 is 14.9 Å². The van der Waals surface area contributed by atoms with Gasteiger partial charge in [-0.05, 0) is 18.9 Å². The molecule has 0 aliphatic rings. The first-order valence-corrected chi connectivity index (χ1v) is 4.65. The normalized spacial score (nSPS) is 10.3. The van der Waals surface area contributed by atoms with Gasteiger partial charge in [0.2, 0.25) is 0 Å². The third-order valence-electron chi connectivity index (χ3n) is 2.17. The number of phenolic OH excluding ortho intramolecular Hbond substituents is 1. The average molecular weight is 217 g/mol. The second kappa shape index (κ2) is 4.53. The molecule has 0 bridgehead atoms. The van der Waals surface area contributed by atoms with Crippen molar-refractivity contribution in [2.75, 3.05) is 13.7 Å². The average Bonchev–Trinajstić information content (AvgIpc) is 2.18. The molecule has 0 unspecified atom stereocenters. The maximum Gasteiger partial charge on any atom is 0.162 e. The van der Waals surface area contributed by atoms with Crippen LogP contribution in [0.4, 0.5) is 0 Å². The van der Waals surface area contributed by atoms with E-state index >= 15 is 0 Å². The van der Waals surface area contributed by atoms with Gasteiger partial charge in [0.1, 0.15) is 0 Å². The van der Waals surface area contributed by atoms with Crippen LogP contribution in [0.25, 0.3) is 0 Å². The number of ether oxygens (including phenoxy) is 1. The molecule has 0 aliphatic heterocycles. The lowest BCUT2D eigenvalue weighted by Crippen LogP contribution is -1.97. The number of rotatable bonds is 3. The number of phenols is 1. The fourth-order valence-electron chi connectivity index (χ4n) is 1.34. The minimum absolute atomic E-state index is 0.0299. The van der Waals surface area contributed by atoms with Gasteiger partial charge >= 0.3 is 0 Å². The van der Waals surface area contributed by atoms with Gasteiger partial charge in [0.25, 0.3) is 0 Å². The summed E-state index contributed by atoms with van der Waals surface area (Å²) in [6.07, 6.45) is 0.370. The summed E-state index contributed by atoms with van der Waals surface area (Å²) in [6, 6.07) is 1.56. The minimum atomic E-state index is -0.0299. The van der Waals surface area contributed by atoms with Crippen LogP contribution in [0, 0.1) is 6.92 Å². The topological polar surface area (TPSA) is 49.7 Å². The molecule has 1 rings (SSSR count). The molecule has 0 saturated heterocycles. The SMILES string of the molecule is COc1cc(Cl)c(C)c(CCO)c1O. The van der Waals surface area contributed by atoms with Gasteiger partial charge in [-0.1, -0.05) is 11.6 Å². The molecule has 0 aromatic heterocycles. The summed E-state index contributed by atoms with van der Waals surface area (Å²) in [5.41, 5.74) is 1.41. The van der Waals surface area contributed by atoms with Gasteiger partial charge in [-0.3, -0.25) is 0 Å². The molecular weight excluding hydrogens is 204 g/mol. The predicted molar refractivity (Wildman–Crippen MR) is 55.2 cm³/mol. The molecule has 1 aromatic carbocycles. The summed E-state index contributed by atoms with van der Waals surface area (Å²) < 4.78 is 4.95. The molecule has 4 heteroatoms. The lowest BCUT2D eigenvalue weighted by Gasteiger charge is -2.12. The Morgan fingerprint density at radius 2 is 2.14 bits per heavy atom. The van der Waals surface area contributed by atoms with Crippen LogP contribution in [0.3, 0.4) is 0 Å². The van der Waals surface area contributed by atoms with Crippen molar-refractivity contribution in [2.45, 2.75) is 13.3 Å². The van der Waals surface area contributed by atoms with Crippen LogP contribution in [0.5, 0.6) is 11.5 Å². The maximum atomic E-state index is 9.73. The van der Waals surface area contributed by atoms with Crippen LogP contribution in [0.15, 0.2) is 6.07 Å². The molecule has 14 heavy (non-hydrogen) atoms. The Kier molecular flexibility index (Phi) is 3.61. The van der Waals surface area contributed by atoms with Gasteiger partial charge in [0, 0.05) is 23.3 Å². The van der Waals surface area contributed by atoms with Crippen molar-refractivity contribution >= 4 is 11.6 Å². The Balaban J connectivity index is 3.29. The van der Waals surface area contributed by atoms with E-state index in [2.05, 4.69) is 0 Å². The van der Waals surface area contributed by atoms with Gasteiger partial charge in [-0.25, -0.2) is 0 Å². The van der Waals surface area contributed by atoms with E-state index in [0.717, 1.165) is 5.56 Å². The zero-order chi connectivity index (χ0) is 10.7. The number of benzene rings is 1. The van der Waals surface area contributed by atoms with Crippen molar-refractivity contribution in [2.24, 2.45) is 0 Å². The molecule has 0 fully saturated rings. The molecule has 0 radical (unpaired) electrons. The zero-order valence-electron chi connectivity index (χ0n) is 8.17. The van der Waals surface area contributed by atoms with Crippen LogP contribution >= 0.6 is 11.6 Å². The molecule has 0 amide bonds. The third kappa shape index (κ3) is 1.94. The number of aliphatic hydroxyl groups is 1. The van der Waals surface area contributed by atoms with E-state index in [4.69, 9.17) is 21.4 Å². The van der Waals surface area contributed by atoms with Crippen molar-refractivity contribution in [1.82, 2.24) is 0 Å². The fourth-order valence-corrected chi connectivity index (χ4v) is 1.55. The molecule has 3 nitrogen and oxygen atoms in total. The number of methoxy groups -OCH3 is 1. The minimum Gasteiger partial charge on any atom is -0.504 e. The van der Waals surface area contributed by atoms with Crippen molar-refractivity contribution in [1.29, 1.82) is 0 Å². The summed E-state index contributed by atoms with van der Waals surface area (Å²) in [4.78, 5) is 0. The largest absolute Gasteiger partial charge is 0.504 e. The van der Waals surface area contributed by atoms with Gasteiger partial charge in [-0.15, -0.1) is 0 Å². The monoisotopic (exact) mass is 216 g/mol. The van der Waals surface area contributed by atoms with E-state index in [-0.39, 0.29) is 12.4 Å². The molecule has 2 N–H and O–H groups in total. The molecule has 1 aromatic rings. The number of hydrogen-bond acceptors (Lipinski definition) is 3. The second-order valence-corrected chi connectivity index (χ2v) is 3.39. The third-order valence-corrected chi connectivity index (χ3v) is 2.56. The lowest BCUT2D eigenvalue weighted by atomic mass is 10.0. The quantitative estimate of drug-likeness (QED) is 0.812. The molecule has 78 valence electrons. The Morgan fingerprint density at radius 3 is 2.64 bits per heavy atom. The Hall–Kier alpha value is -0.930. The van der Waals surface area contributed by atoms with Crippen molar-refractivity contribution < 1.29 is 14.9 Å². The highest BCUT2D eigenvalue weighted by Gasteiger charge is 2.13. The van der Waals surface area contributed by atoms with Crippen molar-refractivity contribution in [3.8, 4) is 11.5 Å². The molecule has 0 spiro atoms. The molecule has 0 aliphatic carbocycles. The first-order chi connectivity index (χ1) is 6.61. The van der Waals surface area contributed by atoms with E-state index in [1.165, 1.54) is 7.11 Å². The van der Waals surface area contributed by atoms with Crippen LogP contribution in [-0.2, 0) is 6.42 Å². The van der Waals surface area contributed by atoms with Crippen LogP contribution < -0.4 is 4.74 Å². The van der Waals surface area contributed by atoms with Crippen LogP contribution in [-0.4, -0.2) is 23.9 Å². The smallest absolute Gasteiger partial charge is 0.162 e. The van der Waals surface area contributed by atoms with E-state index < -0.39 is 0 Å². The summed E-state index contributed by atoms with van der Waals surface area (Å²) in [7, 11) is 1.46. The molecular formula is C10H13ClO3. The first-order valence-electron chi connectivity index (χ1n) is 4.27. The highest BCUT2D eigenvalue weighted by atomic mass is 35.5.